The molecule has 2 atom stereocenters. The van der Waals surface area contributed by atoms with Crippen molar-refractivity contribution in [3.8, 4) is 0 Å². The molecule has 2 N–H and O–H groups in total. The van der Waals surface area contributed by atoms with Gasteiger partial charge in [-0.05, 0) is 31.9 Å². The van der Waals surface area contributed by atoms with Crippen molar-refractivity contribution < 1.29 is 9.53 Å². The Hall–Kier alpha value is -2.41. The van der Waals surface area contributed by atoms with Crippen molar-refractivity contribution in [3.63, 3.8) is 0 Å². The first-order valence-corrected chi connectivity index (χ1v) is 8.58. The molecule has 25 heavy (non-hydrogen) atoms. The highest BCUT2D eigenvalue weighted by Gasteiger charge is 2.29. The molecule has 134 valence electrons. The Morgan fingerprint density at radius 3 is 2.88 bits per heavy atom. The van der Waals surface area contributed by atoms with Gasteiger partial charge in [0.15, 0.2) is 5.69 Å². The van der Waals surface area contributed by atoms with Gasteiger partial charge in [-0.15, -0.1) is 0 Å². The molecule has 3 rings (SSSR count). The van der Waals surface area contributed by atoms with Gasteiger partial charge in [0.2, 0.25) is 0 Å². The second-order valence-electron chi connectivity index (χ2n) is 6.68. The lowest BCUT2D eigenvalue weighted by atomic mass is 9.99. The summed E-state index contributed by atoms with van der Waals surface area (Å²) in [6.07, 6.45) is 3.31. The first-order valence-electron chi connectivity index (χ1n) is 8.58. The predicted molar refractivity (Wildman–Crippen MR) is 95.9 cm³/mol. The highest BCUT2D eigenvalue weighted by Crippen LogP contribution is 2.29. The van der Waals surface area contributed by atoms with E-state index >= 15 is 0 Å². The number of ether oxygens (including phenoxy) is 1. The van der Waals surface area contributed by atoms with E-state index in [-0.39, 0.29) is 18.1 Å². The Kier molecular flexibility index (Phi) is 5.03. The van der Waals surface area contributed by atoms with Gasteiger partial charge in [-0.25, -0.2) is 4.98 Å². The fraction of sp³-hybridized carbons (Fsp3) is 0.500. The summed E-state index contributed by atoms with van der Waals surface area (Å²) in [7, 11) is 3.92. The van der Waals surface area contributed by atoms with E-state index in [1.54, 1.807) is 0 Å². The lowest BCUT2D eigenvalue weighted by Crippen LogP contribution is -2.29. The molecule has 2 aromatic rings. The van der Waals surface area contributed by atoms with Crippen LogP contribution in [0.25, 0.3) is 0 Å². The van der Waals surface area contributed by atoms with Gasteiger partial charge < -0.3 is 15.0 Å². The number of hydrogen-bond acceptors (Lipinski definition) is 5. The van der Waals surface area contributed by atoms with Gasteiger partial charge >= 0.3 is 0 Å². The molecule has 0 aliphatic carbocycles. The number of carbonyl (C=O) groups is 1. The monoisotopic (exact) mass is 343 g/mol. The first kappa shape index (κ1) is 17.4. The number of carbonyl (C=O) groups excluding carboxylic acids is 1. The normalized spacial score (nSPS) is 19.4. The van der Waals surface area contributed by atoms with Crippen molar-refractivity contribution in [2.24, 2.45) is 0 Å². The zero-order valence-electron chi connectivity index (χ0n) is 15.2. The average molecular weight is 343 g/mol. The van der Waals surface area contributed by atoms with Crippen LogP contribution >= 0.6 is 0 Å². The standard InChI is InChI=1S/C18H25N5O2/c1-11-9-14-16(12(2)25-11)21-22-17(14)18(24)19-8-7-13-5-6-15(20-10-13)23(3)4/h5-6,10-12H,7-9H2,1-4H3,(H,19,24)(H,21,22)/t11-,12+/m1/s1. The molecular formula is C18H25N5O2. The summed E-state index contributed by atoms with van der Waals surface area (Å²) in [5.74, 6) is 0.776. The molecule has 0 unspecified atom stereocenters. The third-order valence-electron chi connectivity index (χ3n) is 4.42. The second-order valence-corrected chi connectivity index (χ2v) is 6.68. The predicted octanol–water partition coefficient (Wildman–Crippen LogP) is 1.87. The van der Waals surface area contributed by atoms with E-state index in [1.807, 2.05) is 51.2 Å². The molecule has 2 aromatic heterocycles. The third-order valence-corrected chi connectivity index (χ3v) is 4.42. The van der Waals surface area contributed by atoms with Gasteiger partial charge in [-0.1, -0.05) is 6.07 Å². The van der Waals surface area contributed by atoms with Gasteiger partial charge in [0.25, 0.3) is 5.91 Å². The zero-order valence-corrected chi connectivity index (χ0v) is 15.2. The summed E-state index contributed by atoms with van der Waals surface area (Å²) in [4.78, 5) is 18.8. The first-order chi connectivity index (χ1) is 12.0. The van der Waals surface area contributed by atoms with Crippen LogP contribution in [0.5, 0.6) is 0 Å². The third kappa shape index (κ3) is 3.82. The van der Waals surface area contributed by atoms with Crippen molar-refractivity contribution in [2.75, 3.05) is 25.5 Å². The van der Waals surface area contributed by atoms with Crippen LogP contribution in [-0.4, -0.2) is 47.8 Å². The Labute approximate surface area is 147 Å². The van der Waals surface area contributed by atoms with E-state index in [0.717, 1.165) is 29.1 Å². The summed E-state index contributed by atoms with van der Waals surface area (Å²) >= 11 is 0. The van der Waals surface area contributed by atoms with Crippen molar-refractivity contribution in [3.05, 3.63) is 40.8 Å². The molecule has 1 aliphatic rings. The molecule has 0 aromatic carbocycles. The van der Waals surface area contributed by atoms with Gasteiger partial charge in [-0.3, -0.25) is 9.89 Å². The van der Waals surface area contributed by atoms with Crippen molar-refractivity contribution in [1.29, 1.82) is 0 Å². The molecule has 0 saturated carbocycles. The van der Waals surface area contributed by atoms with Crippen LogP contribution < -0.4 is 10.2 Å². The largest absolute Gasteiger partial charge is 0.369 e. The van der Waals surface area contributed by atoms with E-state index < -0.39 is 0 Å². The lowest BCUT2D eigenvalue weighted by Gasteiger charge is -2.25. The van der Waals surface area contributed by atoms with E-state index in [4.69, 9.17) is 4.74 Å². The molecular weight excluding hydrogens is 318 g/mol. The fourth-order valence-electron chi connectivity index (χ4n) is 3.09. The second kappa shape index (κ2) is 7.23. The summed E-state index contributed by atoms with van der Waals surface area (Å²) in [5, 5.41) is 10.1. The summed E-state index contributed by atoms with van der Waals surface area (Å²) in [5.41, 5.74) is 3.45. The molecule has 1 aliphatic heterocycles. The quantitative estimate of drug-likeness (QED) is 0.866. The lowest BCUT2D eigenvalue weighted by molar-refractivity contribution is -0.00697. The van der Waals surface area contributed by atoms with Gasteiger partial charge in [-0.2, -0.15) is 5.10 Å². The number of nitrogens with zero attached hydrogens (tertiary/aromatic N) is 3. The van der Waals surface area contributed by atoms with Crippen LogP contribution in [-0.2, 0) is 17.6 Å². The van der Waals surface area contributed by atoms with Crippen molar-refractivity contribution >= 4 is 11.7 Å². The number of aromatic nitrogens is 3. The summed E-state index contributed by atoms with van der Waals surface area (Å²) in [6.45, 7) is 4.53. The van der Waals surface area contributed by atoms with Crippen LogP contribution in [0.3, 0.4) is 0 Å². The van der Waals surface area contributed by atoms with Crippen LogP contribution in [0.1, 0.15) is 47.3 Å². The maximum absolute atomic E-state index is 12.5. The Morgan fingerprint density at radius 2 is 2.20 bits per heavy atom. The number of amides is 1. The van der Waals surface area contributed by atoms with Crippen LogP contribution in [0.2, 0.25) is 0 Å². The van der Waals surface area contributed by atoms with E-state index in [1.165, 1.54) is 0 Å². The number of anilines is 1. The van der Waals surface area contributed by atoms with E-state index in [0.29, 0.717) is 18.7 Å². The molecule has 7 nitrogen and oxygen atoms in total. The molecule has 1 amide bonds. The maximum atomic E-state index is 12.5. The Balaban J connectivity index is 1.58. The van der Waals surface area contributed by atoms with Crippen molar-refractivity contribution in [2.45, 2.75) is 38.9 Å². The highest BCUT2D eigenvalue weighted by atomic mass is 16.5. The fourth-order valence-corrected chi connectivity index (χ4v) is 3.09. The van der Waals surface area contributed by atoms with Gasteiger partial charge in [0, 0.05) is 38.8 Å². The maximum Gasteiger partial charge on any atom is 0.272 e. The van der Waals surface area contributed by atoms with E-state index in [9.17, 15) is 4.79 Å². The molecule has 0 radical (unpaired) electrons. The minimum atomic E-state index is -0.142. The van der Waals surface area contributed by atoms with Crippen molar-refractivity contribution in [1.82, 2.24) is 20.5 Å². The molecule has 0 saturated heterocycles. The minimum Gasteiger partial charge on any atom is -0.369 e. The van der Waals surface area contributed by atoms with E-state index in [2.05, 4.69) is 20.5 Å². The zero-order chi connectivity index (χ0) is 18.0. The number of rotatable bonds is 5. The summed E-state index contributed by atoms with van der Waals surface area (Å²) < 4.78 is 5.76. The highest BCUT2D eigenvalue weighted by molar-refractivity contribution is 5.94. The molecule has 0 fully saturated rings. The van der Waals surface area contributed by atoms with Crippen LogP contribution in [0.15, 0.2) is 18.3 Å². The molecule has 0 spiro atoms. The average Bonchev–Trinajstić information content (AvgIpc) is 2.99. The number of nitrogens with one attached hydrogen (secondary N) is 2. The Morgan fingerprint density at radius 1 is 1.40 bits per heavy atom. The number of fused-ring (bicyclic) bond motifs is 1. The minimum absolute atomic E-state index is 0.0610. The topological polar surface area (TPSA) is 83.1 Å². The number of hydrogen-bond donors (Lipinski definition) is 2. The number of aromatic amines is 1. The molecule has 0 bridgehead atoms. The SMILES string of the molecule is C[C@@H]1Cc2c(C(=O)NCCc3ccc(N(C)C)nc3)n[nH]c2[C@H](C)O1. The molecule has 3 heterocycles. The van der Waals surface area contributed by atoms with Crippen LogP contribution in [0.4, 0.5) is 5.82 Å². The molecule has 7 heteroatoms. The number of H-pyrrole nitrogens is 1. The smallest absolute Gasteiger partial charge is 0.272 e. The Bertz CT molecular complexity index is 738. The number of pyridine rings is 1. The van der Waals surface area contributed by atoms with Gasteiger partial charge in [0.1, 0.15) is 5.82 Å². The van der Waals surface area contributed by atoms with Crippen LogP contribution in [0, 0.1) is 0 Å². The summed E-state index contributed by atoms with van der Waals surface area (Å²) in [6, 6.07) is 4.01. The van der Waals surface area contributed by atoms with Gasteiger partial charge in [0.05, 0.1) is 17.9 Å².